The average molecular weight is 376 g/mol. The maximum Gasteiger partial charge on any atom is 0.306 e. The molecule has 0 saturated heterocycles. The molecule has 8 nitrogen and oxygen atoms in total. The molecule has 2 heterocycles. The van der Waals surface area contributed by atoms with Crippen LogP contribution >= 0.6 is 0 Å². The van der Waals surface area contributed by atoms with Crippen LogP contribution < -0.4 is 14.9 Å². The van der Waals surface area contributed by atoms with Crippen molar-refractivity contribution in [2.75, 3.05) is 27.4 Å². The third-order valence-electron chi connectivity index (χ3n) is 4.17. The first kappa shape index (κ1) is 18.8. The Morgan fingerprint density at radius 2 is 1.93 bits per heavy atom. The van der Waals surface area contributed by atoms with Gasteiger partial charge in [0.1, 0.15) is 25.6 Å². The van der Waals surface area contributed by atoms with Crippen molar-refractivity contribution in [1.29, 1.82) is 0 Å². The highest BCUT2D eigenvalue weighted by molar-refractivity contribution is 5.71. The van der Waals surface area contributed by atoms with Crippen LogP contribution in [0.4, 0.5) is 0 Å². The van der Waals surface area contributed by atoms with Crippen LogP contribution in [0.25, 0.3) is 0 Å². The number of carbonyl (C=O) groups excluding carboxylic acids is 1. The lowest BCUT2D eigenvalue weighted by Gasteiger charge is -2.22. The first-order chi connectivity index (χ1) is 13.0. The first-order valence-electron chi connectivity index (χ1n) is 8.34. The fourth-order valence-corrected chi connectivity index (χ4v) is 2.89. The van der Waals surface area contributed by atoms with Crippen LogP contribution in [0.5, 0.6) is 17.2 Å². The lowest BCUT2D eigenvalue weighted by molar-refractivity contribution is -0.140. The van der Waals surface area contributed by atoms with E-state index in [1.807, 2.05) is 0 Å². The van der Waals surface area contributed by atoms with Crippen molar-refractivity contribution in [2.45, 2.75) is 18.9 Å². The van der Waals surface area contributed by atoms with Crippen LogP contribution in [0.15, 0.2) is 33.5 Å². The fraction of sp³-hybridized carbons (Fsp3) is 0.368. The average Bonchev–Trinajstić information content (AvgIpc) is 2.68. The second kappa shape index (κ2) is 8.13. The highest BCUT2D eigenvalue weighted by Gasteiger charge is 2.28. The Labute approximate surface area is 155 Å². The first-order valence-corrected chi connectivity index (χ1v) is 8.34. The molecule has 27 heavy (non-hydrogen) atoms. The van der Waals surface area contributed by atoms with Crippen molar-refractivity contribution >= 4 is 5.97 Å². The lowest BCUT2D eigenvalue weighted by atomic mass is 9.91. The lowest BCUT2D eigenvalue weighted by Crippen LogP contribution is -2.17. The predicted octanol–water partition coefficient (Wildman–Crippen LogP) is 1.96. The van der Waals surface area contributed by atoms with E-state index in [0.717, 1.165) is 6.07 Å². The van der Waals surface area contributed by atoms with E-state index in [1.54, 1.807) is 18.2 Å². The van der Waals surface area contributed by atoms with E-state index in [2.05, 4.69) is 0 Å². The minimum atomic E-state index is -0.752. The summed E-state index contributed by atoms with van der Waals surface area (Å²) in [6, 6.07) is 6.29. The molecule has 0 fully saturated rings. The van der Waals surface area contributed by atoms with Crippen molar-refractivity contribution in [3.05, 3.63) is 51.6 Å². The molecular formula is C19H20O8. The van der Waals surface area contributed by atoms with E-state index in [9.17, 15) is 14.7 Å². The van der Waals surface area contributed by atoms with Gasteiger partial charge >= 0.3 is 5.97 Å². The number of methoxy groups -OCH3 is 2. The summed E-state index contributed by atoms with van der Waals surface area (Å²) in [6.07, 6.45) is -0.136. The molecule has 8 heteroatoms. The number of ether oxygens (including phenoxy) is 4. The van der Waals surface area contributed by atoms with Gasteiger partial charge in [0.05, 0.1) is 19.4 Å². The second-order valence-electron chi connectivity index (χ2n) is 5.96. The van der Waals surface area contributed by atoms with Gasteiger partial charge in [0, 0.05) is 13.2 Å². The van der Waals surface area contributed by atoms with Crippen LogP contribution in [0.3, 0.4) is 0 Å². The van der Waals surface area contributed by atoms with Crippen LogP contribution in [0.2, 0.25) is 0 Å². The molecule has 0 aliphatic carbocycles. The van der Waals surface area contributed by atoms with E-state index in [4.69, 9.17) is 23.4 Å². The zero-order chi connectivity index (χ0) is 19.4. The topological polar surface area (TPSA) is 104 Å². The molecule has 0 spiro atoms. The maximum absolute atomic E-state index is 12.1. The van der Waals surface area contributed by atoms with E-state index in [0.29, 0.717) is 30.3 Å². The summed E-state index contributed by atoms with van der Waals surface area (Å²) in [6.45, 7) is 0.906. The summed E-state index contributed by atoms with van der Waals surface area (Å²) >= 11 is 0. The van der Waals surface area contributed by atoms with Gasteiger partial charge in [0.25, 0.3) is 0 Å². The van der Waals surface area contributed by atoms with Crippen LogP contribution in [-0.4, -0.2) is 38.5 Å². The Hall–Kier alpha value is -3.00. The second-order valence-corrected chi connectivity index (χ2v) is 5.96. The highest BCUT2D eigenvalue weighted by Crippen LogP contribution is 2.38. The fourth-order valence-electron chi connectivity index (χ4n) is 2.89. The van der Waals surface area contributed by atoms with Gasteiger partial charge in [0.15, 0.2) is 17.3 Å². The third-order valence-corrected chi connectivity index (χ3v) is 4.17. The largest absolute Gasteiger partial charge is 0.502 e. The summed E-state index contributed by atoms with van der Waals surface area (Å²) < 4.78 is 26.5. The summed E-state index contributed by atoms with van der Waals surface area (Å²) in [5, 5.41) is 10.3. The third kappa shape index (κ3) is 4.06. The number of esters is 1. The zero-order valence-electron chi connectivity index (χ0n) is 15.0. The van der Waals surface area contributed by atoms with Gasteiger partial charge in [-0.1, -0.05) is 6.07 Å². The van der Waals surface area contributed by atoms with E-state index in [-0.39, 0.29) is 24.5 Å². The number of rotatable bonds is 6. The molecule has 1 aromatic heterocycles. The summed E-state index contributed by atoms with van der Waals surface area (Å²) in [5.74, 6) is -0.519. The van der Waals surface area contributed by atoms with Crippen LogP contribution in [-0.2, 0) is 20.9 Å². The van der Waals surface area contributed by atoms with Gasteiger partial charge in [0.2, 0.25) is 11.2 Å². The molecule has 1 atom stereocenters. The Balaban J connectivity index is 2.09. The molecule has 3 rings (SSSR count). The smallest absolute Gasteiger partial charge is 0.306 e. The molecule has 144 valence electrons. The quantitative estimate of drug-likeness (QED) is 0.763. The number of benzene rings is 1. The van der Waals surface area contributed by atoms with Gasteiger partial charge in [-0.25, -0.2) is 0 Å². The summed E-state index contributed by atoms with van der Waals surface area (Å²) in [5.41, 5.74) is -0.00613. The number of carbonyl (C=O) groups is 1. The number of hydrogen-bond donors (Lipinski definition) is 1. The summed E-state index contributed by atoms with van der Waals surface area (Å²) in [7, 11) is 2.72. The van der Waals surface area contributed by atoms with Gasteiger partial charge in [-0.2, -0.15) is 0 Å². The van der Waals surface area contributed by atoms with Crippen molar-refractivity contribution in [1.82, 2.24) is 0 Å². The normalized spacial score (nSPS) is 13.9. The molecular weight excluding hydrogens is 356 g/mol. The Morgan fingerprint density at radius 3 is 2.63 bits per heavy atom. The Kier molecular flexibility index (Phi) is 5.66. The Bertz CT molecular complexity index is 886. The van der Waals surface area contributed by atoms with E-state index in [1.165, 1.54) is 14.2 Å². The molecule has 0 saturated carbocycles. The molecule has 0 unspecified atom stereocenters. The molecule has 1 N–H and O–H groups in total. The SMILES string of the molecule is COCc1cc(=O)c(O)c([C@@H](CC(=O)OC)c2ccc3c(c2)OCCO3)o1. The minimum absolute atomic E-state index is 0.0309. The molecule has 1 aliphatic heterocycles. The number of hydrogen-bond acceptors (Lipinski definition) is 8. The van der Waals surface area contributed by atoms with Gasteiger partial charge < -0.3 is 28.5 Å². The van der Waals surface area contributed by atoms with Gasteiger partial charge in [-0.15, -0.1) is 0 Å². The minimum Gasteiger partial charge on any atom is -0.502 e. The van der Waals surface area contributed by atoms with E-state index < -0.39 is 23.1 Å². The van der Waals surface area contributed by atoms with Gasteiger partial charge in [-0.05, 0) is 17.7 Å². The molecule has 0 radical (unpaired) electrons. The summed E-state index contributed by atoms with van der Waals surface area (Å²) in [4.78, 5) is 24.1. The molecule has 1 aliphatic rings. The molecule has 2 aromatic rings. The monoisotopic (exact) mass is 376 g/mol. The van der Waals surface area contributed by atoms with E-state index >= 15 is 0 Å². The Morgan fingerprint density at radius 1 is 1.19 bits per heavy atom. The molecule has 0 bridgehead atoms. The maximum atomic E-state index is 12.1. The number of aromatic hydroxyl groups is 1. The van der Waals surface area contributed by atoms with Crippen molar-refractivity contribution in [3.8, 4) is 17.2 Å². The van der Waals surface area contributed by atoms with Crippen LogP contribution in [0, 0.1) is 0 Å². The standard InChI is InChI=1S/C19H20O8/c1-23-10-12-8-14(20)18(22)19(27-12)13(9-17(21)24-2)11-3-4-15-16(7-11)26-6-5-25-15/h3-4,7-8,13,22H,5-6,9-10H2,1-2H3/t13-/m0/s1. The van der Waals surface area contributed by atoms with Gasteiger partial charge in [-0.3, -0.25) is 9.59 Å². The predicted molar refractivity (Wildman–Crippen MR) is 93.3 cm³/mol. The molecule has 1 aromatic carbocycles. The highest BCUT2D eigenvalue weighted by atomic mass is 16.6. The van der Waals surface area contributed by atoms with Crippen molar-refractivity contribution in [3.63, 3.8) is 0 Å². The molecule has 0 amide bonds. The number of fused-ring (bicyclic) bond motifs is 1. The van der Waals surface area contributed by atoms with Crippen molar-refractivity contribution < 1.29 is 33.3 Å². The zero-order valence-corrected chi connectivity index (χ0v) is 15.0. The van der Waals surface area contributed by atoms with Crippen LogP contribution in [0.1, 0.15) is 29.4 Å². The van der Waals surface area contributed by atoms with Crippen molar-refractivity contribution in [2.24, 2.45) is 0 Å².